The number of aryl methyl sites for hydroxylation is 1. The average Bonchev–Trinajstić information content (AvgIpc) is 2.22. The van der Waals surface area contributed by atoms with Crippen molar-refractivity contribution in [2.24, 2.45) is 0 Å². The van der Waals surface area contributed by atoms with Gasteiger partial charge in [0.05, 0.1) is 12.7 Å². The molecule has 1 rings (SSSR count). The predicted molar refractivity (Wildman–Crippen MR) is 66.5 cm³/mol. The van der Waals surface area contributed by atoms with Gasteiger partial charge in [0.2, 0.25) is 0 Å². The van der Waals surface area contributed by atoms with Crippen LogP contribution in [0, 0.1) is 6.92 Å². The van der Waals surface area contributed by atoms with Crippen LogP contribution in [0.2, 0.25) is 0 Å². The van der Waals surface area contributed by atoms with Crippen LogP contribution in [0.25, 0.3) is 0 Å². The molecule has 0 saturated heterocycles. The molecule has 0 fully saturated rings. The molecule has 102 valence electrons. The molecule has 1 aromatic carbocycles. The van der Waals surface area contributed by atoms with Gasteiger partial charge in [0.25, 0.3) is 0 Å². The summed E-state index contributed by atoms with van der Waals surface area (Å²) in [6.07, 6.45) is 0.116. The fraction of sp³-hybridized carbons (Fsp3) is 0.500. The third-order valence-electron chi connectivity index (χ3n) is 2.40. The molecule has 0 spiro atoms. The summed E-state index contributed by atoms with van der Waals surface area (Å²) < 4.78 is 48.3. The van der Waals surface area contributed by atoms with E-state index in [1.807, 2.05) is 13.8 Å². The van der Waals surface area contributed by atoms with Crippen molar-refractivity contribution in [1.82, 2.24) is 0 Å². The third-order valence-corrected chi connectivity index (χ3v) is 2.40. The summed E-state index contributed by atoms with van der Waals surface area (Å²) in [5, 5.41) is 0. The Bertz CT molecular complexity index is 397. The van der Waals surface area contributed by atoms with Gasteiger partial charge in [-0.05, 0) is 32.9 Å². The van der Waals surface area contributed by atoms with E-state index in [9.17, 15) is 12.9 Å². The summed E-state index contributed by atoms with van der Waals surface area (Å²) in [5.41, 5.74) is -0.384. The van der Waals surface area contributed by atoms with Gasteiger partial charge in [-0.3, -0.25) is 0 Å². The van der Waals surface area contributed by atoms with Gasteiger partial charge in [0.1, 0.15) is 12.4 Å². The Balaban J connectivity index is 0.00000324. The number of halogens is 3. The second-order valence-corrected chi connectivity index (χ2v) is 4.36. The van der Waals surface area contributed by atoms with Crippen molar-refractivity contribution >= 4 is 12.4 Å². The number of benzene rings is 1. The fourth-order valence-electron chi connectivity index (χ4n) is 1.55. The molecule has 2 nitrogen and oxygen atoms in total. The standard InChI is InChI=1S/C12H17BF3O2.K/c1-9(2)17-6-7-18-11-4-5-12(10(3)8-11)13(14,15)16;/h4-5,8-9H,6-7H2,1-3H3;/q-1;+1. The summed E-state index contributed by atoms with van der Waals surface area (Å²) in [6, 6.07) is 3.81. The average molecular weight is 300 g/mol. The van der Waals surface area contributed by atoms with Crippen LogP contribution < -0.4 is 61.6 Å². The predicted octanol–water partition coefficient (Wildman–Crippen LogP) is -0.143. The van der Waals surface area contributed by atoms with E-state index < -0.39 is 12.4 Å². The van der Waals surface area contributed by atoms with Gasteiger partial charge < -0.3 is 22.4 Å². The van der Waals surface area contributed by atoms with Crippen molar-refractivity contribution in [3.05, 3.63) is 23.8 Å². The van der Waals surface area contributed by atoms with Crippen molar-refractivity contribution in [1.29, 1.82) is 0 Å². The number of hydrogen-bond donors (Lipinski definition) is 0. The van der Waals surface area contributed by atoms with Crippen LogP contribution in [0.5, 0.6) is 5.75 Å². The van der Waals surface area contributed by atoms with Crippen molar-refractivity contribution in [2.45, 2.75) is 26.9 Å². The second kappa shape index (κ2) is 8.69. The summed E-state index contributed by atoms with van der Waals surface area (Å²) in [5.74, 6) is 0.434. The van der Waals surface area contributed by atoms with E-state index in [0.717, 1.165) is 6.07 Å². The van der Waals surface area contributed by atoms with Gasteiger partial charge in [0, 0.05) is 0 Å². The zero-order valence-electron chi connectivity index (χ0n) is 11.8. The van der Waals surface area contributed by atoms with Gasteiger partial charge in [0.15, 0.2) is 0 Å². The van der Waals surface area contributed by atoms with E-state index in [1.165, 1.54) is 19.1 Å². The summed E-state index contributed by atoms with van der Waals surface area (Å²) in [4.78, 5) is 0. The summed E-state index contributed by atoms with van der Waals surface area (Å²) >= 11 is 0. The molecule has 0 aromatic heterocycles. The van der Waals surface area contributed by atoms with Crippen molar-refractivity contribution in [3.63, 3.8) is 0 Å². The normalized spacial score (nSPS) is 11.3. The molecule has 0 atom stereocenters. The topological polar surface area (TPSA) is 18.5 Å². The van der Waals surface area contributed by atoms with E-state index in [-0.39, 0.29) is 63.1 Å². The van der Waals surface area contributed by atoms with Crippen LogP contribution in [0.3, 0.4) is 0 Å². The molecule has 0 bridgehead atoms. The third kappa shape index (κ3) is 7.15. The Morgan fingerprint density at radius 2 is 1.79 bits per heavy atom. The molecule has 0 aliphatic heterocycles. The molecule has 0 saturated carbocycles. The van der Waals surface area contributed by atoms with Crippen LogP contribution in [0.4, 0.5) is 12.9 Å². The SMILES string of the molecule is Cc1cc(OCCOC(C)C)ccc1[B-](F)(F)F.[K+]. The molecule has 0 unspecified atom stereocenters. The van der Waals surface area contributed by atoms with Crippen LogP contribution in [-0.2, 0) is 4.74 Å². The zero-order valence-corrected chi connectivity index (χ0v) is 14.9. The van der Waals surface area contributed by atoms with Crippen LogP contribution in [0.15, 0.2) is 18.2 Å². The Kier molecular flexibility index (Phi) is 8.91. The minimum Gasteiger partial charge on any atom is -0.491 e. The van der Waals surface area contributed by atoms with Crippen LogP contribution >= 0.6 is 0 Å². The van der Waals surface area contributed by atoms with Crippen molar-refractivity contribution in [2.75, 3.05) is 13.2 Å². The monoisotopic (exact) mass is 300 g/mol. The molecule has 7 heteroatoms. The molecular formula is C12H17BF3KO2. The molecule has 0 radical (unpaired) electrons. The largest absolute Gasteiger partial charge is 1.00 e. The maximum absolute atomic E-state index is 12.6. The molecule has 0 N–H and O–H groups in total. The molecule has 19 heavy (non-hydrogen) atoms. The van der Waals surface area contributed by atoms with Gasteiger partial charge in [-0.2, -0.15) is 0 Å². The van der Waals surface area contributed by atoms with E-state index in [1.54, 1.807) is 0 Å². The number of rotatable bonds is 6. The quantitative estimate of drug-likeness (QED) is 0.538. The zero-order chi connectivity index (χ0) is 13.8. The van der Waals surface area contributed by atoms with Gasteiger partial charge in [-0.1, -0.05) is 11.6 Å². The first-order valence-electron chi connectivity index (χ1n) is 5.85. The summed E-state index contributed by atoms with van der Waals surface area (Å²) in [7, 11) is 0. The van der Waals surface area contributed by atoms with E-state index >= 15 is 0 Å². The first-order chi connectivity index (χ1) is 8.30. The van der Waals surface area contributed by atoms with E-state index in [2.05, 4.69) is 0 Å². The van der Waals surface area contributed by atoms with Crippen molar-refractivity contribution < 1.29 is 73.8 Å². The minimum atomic E-state index is -4.95. The van der Waals surface area contributed by atoms with Crippen LogP contribution in [0.1, 0.15) is 19.4 Å². The van der Waals surface area contributed by atoms with E-state index in [4.69, 9.17) is 9.47 Å². The fourth-order valence-corrected chi connectivity index (χ4v) is 1.55. The Labute approximate surface area is 154 Å². The molecular weight excluding hydrogens is 283 g/mol. The molecule has 0 aliphatic carbocycles. The maximum Gasteiger partial charge on any atom is 1.00 e. The molecule has 0 aliphatic rings. The van der Waals surface area contributed by atoms with Crippen molar-refractivity contribution in [3.8, 4) is 5.75 Å². The Hall–Kier alpha value is 0.471. The first-order valence-corrected chi connectivity index (χ1v) is 5.85. The number of ether oxygens (including phenoxy) is 2. The van der Waals surface area contributed by atoms with Gasteiger partial charge in [-0.25, -0.2) is 0 Å². The molecule has 0 heterocycles. The minimum absolute atomic E-state index is 0. The maximum atomic E-state index is 12.6. The van der Waals surface area contributed by atoms with Gasteiger partial charge >= 0.3 is 58.4 Å². The first kappa shape index (κ1) is 19.5. The van der Waals surface area contributed by atoms with Crippen LogP contribution in [-0.4, -0.2) is 26.3 Å². The molecule has 0 amide bonds. The molecule has 1 aromatic rings. The van der Waals surface area contributed by atoms with Gasteiger partial charge in [-0.15, -0.1) is 5.46 Å². The smallest absolute Gasteiger partial charge is 0.491 e. The summed E-state index contributed by atoms with van der Waals surface area (Å²) in [6.45, 7) is 1.04. The second-order valence-electron chi connectivity index (χ2n) is 4.36. The van der Waals surface area contributed by atoms with E-state index in [0.29, 0.717) is 19.0 Å². The Morgan fingerprint density at radius 3 is 2.26 bits per heavy atom. The number of hydrogen-bond acceptors (Lipinski definition) is 2. The Morgan fingerprint density at radius 1 is 1.16 bits per heavy atom.